The molecule has 1 aromatic heterocycles. The molecule has 0 radical (unpaired) electrons. The molecule has 2 N–H and O–H groups in total. The fraction of sp³-hybridized carbons (Fsp3) is 0.273. The van der Waals surface area contributed by atoms with Gasteiger partial charge >= 0.3 is 0 Å². The molecular formula is C11H14N4. The molecule has 1 aromatic carbocycles. The predicted molar refractivity (Wildman–Crippen MR) is 59.4 cm³/mol. The number of nitrogens with two attached hydrogens (primary N) is 1. The second-order valence-corrected chi connectivity index (χ2v) is 3.64. The summed E-state index contributed by atoms with van der Waals surface area (Å²) in [7, 11) is 1.97. The van der Waals surface area contributed by atoms with Crippen molar-refractivity contribution in [3.8, 4) is 0 Å². The summed E-state index contributed by atoms with van der Waals surface area (Å²) in [4.78, 5) is 0. The van der Waals surface area contributed by atoms with Gasteiger partial charge < -0.3 is 10.3 Å². The van der Waals surface area contributed by atoms with Gasteiger partial charge in [0.2, 0.25) is 0 Å². The summed E-state index contributed by atoms with van der Waals surface area (Å²) >= 11 is 0. The van der Waals surface area contributed by atoms with Crippen LogP contribution in [-0.4, -0.2) is 14.8 Å². The summed E-state index contributed by atoms with van der Waals surface area (Å²) in [6.07, 6.45) is 0.789. The van der Waals surface area contributed by atoms with Gasteiger partial charge in [-0.25, -0.2) is 0 Å². The standard InChI is InChI=1S/C11H14N4/c1-8-13-14-11(15(8)2)7-9-3-5-10(12)6-4-9/h3-6H,7,12H2,1-2H3. The molecule has 0 aliphatic heterocycles. The first-order valence-corrected chi connectivity index (χ1v) is 4.86. The second kappa shape index (κ2) is 3.73. The van der Waals surface area contributed by atoms with E-state index in [0.717, 1.165) is 23.8 Å². The molecule has 0 fully saturated rings. The highest BCUT2D eigenvalue weighted by Crippen LogP contribution is 2.10. The smallest absolute Gasteiger partial charge is 0.137 e. The minimum Gasteiger partial charge on any atom is -0.399 e. The quantitative estimate of drug-likeness (QED) is 0.747. The summed E-state index contributed by atoms with van der Waals surface area (Å²) in [5, 5.41) is 8.13. The minimum absolute atomic E-state index is 0.785. The maximum atomic E-state index is 5.62. The third-order valence-electron chi connectivity index (χ3n) is 2.52. The molecule has 0 aliphatic carbocycles. The van der Waals surface area contributed by atoms with Crippen molar-refractivity contribution >= 4 is 5.69 Å². The Kier molecular flexibility index (Phi) is 2.41. The van der Waals surface area contributed by atoms with Crippen molar-refractivity contribution in [2.24, 2.45) is 7.05 Å². The van der Waals surface area contributed by atoms with Crippen LogP contribution in [0, 0.1) is 6.92 Å². The zero-order valence-corrected chi connectivity index (χ0v) is 8.94. The summed E-state index contributed by atoms with van der Waals surface area (Å²) in [5.41, 5.74) is 7.60. The Morgan fingerprint density at radius 3 is 2.40 bits per heavy atom. The number of nitrogens with zero attached hydrogens (tertiary/aromatic N) is 3. The number of aryl methyl sites for hydroxylation is 1. The molecule has 15 heavy (non-hydrogen) atoms. The zero-order chi connectivity index (χ0) is 10.8. The van der Waals surface area contributed by atoms with Crippen LogP contribution in [0.1, 0.15) is 17.2 Å². The minimum atomic E-state index is 0.785. The molecule has 0 aliphatic rings. The highest BCUT2D eigenvalue weighted by molar-refractivity contribution is 5.39. The predicted octanol–water partition coefficient (Wildman–Crippen LogP) is 1.30. The number of aromatic nitrogens is 3. The third kappa shape index (κ3) is 1.98. The van der Waals surface area contributed by atoms with Crippen molar-refractivity contribution in [3.05, 3.63) is 41.5 Å². The Labute approximate surface area is 88.8 Å². The van der Waals surface area contributed by atoms with E-state index in [9.17, 15) is 0 Å². The number of hydrogen-bond donors (Lipinski definition) is 1. The van der Waals surface area contributed by atoms with Crippen LogP contribution in [0.15, 0.2) is 24.3 Å². The topological polar surface area (TPSA) is 56.7 Å². The van der Waals surface area contributed by atoms with Crippen LogP contribution in [0.3, 0.4) is 0 Å². The van der Waals surface area contributed by atoms with E-state index in [0.29, 0.717) is 0 Å². The molecule has 4 heteroatoms. The van der Waals surface area contributed by atoms with Crippen molar-refractivity contribution in [1.29, 1.82) is 0 Å². The molecule has 0 saturated heterocycles. The molecule has 78 valence electrons. The van der Waals surface area contributed by atoms with Crippen LogP contribution in [0.4, 0.5) is 5.69 Å². The van der Waals surface area contributed by atoms with Gasteiger partial charge in [0.15, 0.2) is 0 Å². The van der Waals surface area contributed by atoms with E-state index in [1.165, 1.54) is 5.56 Å². The molecule has 0 bridgehead atoms. The number of benzene rings is 1. The van der Waals surface area contributed by atoms with Gasteiger partial charge in [0.25, 0.3) is 0 Å². The van der Waals surface area contributed by atoms with E-state index in [1.807, 2.05) is 42.8 Å². The van der Waals surface area contributed by atoms with Gasteiger partial charge in [-0.1, -0.05) is 12.1 Å². The Bertz CT molecular complexity index is 456. The van der Waals surface area contributed by atoms with E-state index in [-0.39, 0.29) is 0 Å². The van der Waals surface area contributed by atoms with Crippen molar-refractivity contribution in [3.63, 3.8) is 0 Å². The Morgan fingerprint density at radius 1 is 1.20 bits per heavy atom. The SMILES string of the molecule is Cc1nnc(Cc2ccc(N)cc2)n1C. The molecule has 0 unspecified atom stereocenters. The first kappa shape index (κ1) is 9.71. The van der Waals surface area contributed by atoms with Crippen molar-refractivity contribution in [1.82, 2.24) is 14.8 Å². The van der Waals surface area contributed by atoms with E-state index in [2.05, 4.69) is 10.2 Å². The number of rotatable bonds is 2. The lowest BCUT2D eigenvalue weighted by atomic mass is 10.1. The Balaban J connectivity index is 2.22. The average molecular weight is 202 g/mol. The maximum Gasteiger partial charge on any atom is 0.137 e. The maximum absolute atomic E-state index is 5.62. The van der Waals surface area contributed by atoms with Crippen molar-refractivity contribution in [2.75, 3.05) is 5.73 Å². The largest absolute Gasteiger partial charge is 0.399 e. The Hall–Kier alpha value is -1.84. The van der Waals surface area contributed by atoms with Gasteiger partial charge in [0, 0.05) is 19.2 Å². The lowest BCUT2D eigenvalue weighted by Gasteiger charge is -2.02. The van der Waals surface area contributed by atoms with E-state index < -0.39 is 0 Å². The molecular weight excluding hydrogens is 188 g/mol. The van der Waals surface area contributed by atoms with Gasteiger partial charge in [-0.2, -0.15) is 0 Å². The fourth-order valence-corrected chi connectivity index (χ4v) is 1.42. The van der Waals surface area contributed by atoms with Crippen LogP contribution in [-0.2, 0) is 13.5 Å². The monoisotopic (exact) mass is 202 g/mol. The second-order valence-electron chi connectivity index (χ2n) is 3.64. The van der Waals surface area contributed by atoms with Gasteiger partial charge in [-0.3, -0.25) is 0 Å². The van der Waals surface area contributed by atoms with Crippen molar-refractivity contribution in [2.45, 2.75) is 13.3 Å². The highest BCUT2D eigenvalue weighted by Gasteiger charge is 2.05. The zero-order valence-electron chi connectivity index (χ0n) is 8.94. The first-order chi connectivity index (χ1) is 7.16. The van der Waals surface area contributed by atoms with Gasteiger partial charge in [0.1, 0.15) is 11.6 Å². The summed E-state index contributed by atoms with van der Waals surface area (Å²) in [6.45, 7) is 1.94. The van der Waals surface area contributed by atoms with Gasteiger partial charge in [-0.15, -0.1) is 10.2 Å². The van der Waals surface area contributed by atoms with E-state index in [1.54, 1.807) is 0 Å². The summed E-state index contributed by atoms with van der Waals surface area (Å²) in [5.74, 6) is 1.90. The molecule has 0 spiro atoms. The van der Waals surface area contributed by atoms with Crippen LogP contribution < -0.4 is 5.73 Å². The number of nitrogen functional groups attached to an aromatic ring is 1. The molecule has 1 heterocycles. The van der Waals surface area contributed by atoms with E-state index >= 15 is 0 Å². The van der Waals surface area contributed by atoms with Crippen LogP contribution in [0.25, 0.3) is 0 Å². The van der Waals surface area contributed by atoms with Crippen LogP contribution >= 0.6 is 0 Å². The molecule has 0 atom stereocenters. The lowest BCUT2D eigenvalue weighted by molar-refractivity contribution is 0.796. The first-order valence-electron chi connectivity index (χ1n) is 4.86. The van der Waals surface area contributed by atoms with E-state index in [4.69, 9.17) is 5.73 Å². The molecule has 4 nitrogen and oxygen atoms in total. The van der Waals surface area contributed by atoms with Crippen molar-refractivity contribution < 1.29 is 0 Å². The Morgan fingerprint density at radius 2 is 1.87 bits per heavy atom. The van der Waals surface area contributed by atoms with Crippen LogP contribution in [0.5, 0.6) is 0 Å². The average Bonchev–Trinajstić information content (AvgIpc) is 2.53. The van der Waals surface area contributed by atoms with Gasteiger partial charge in [-0.05, 0) is 24.6 Å². The number of hydrogen-bond acceptors (Lipinski definition) is 3. The normalized spacial score (nSPS) is 10.5. The molecule has 2 rings (SSSR count). The highest BCUT2D eigenvalue weighted by atomic mass is 15.3. The lowest BCUT2D eigenvalue weighted by Crippen LogP contribution is -2.00. The summed E-state index contributed by atoms with van der Waals surface area (Å²) in [6, 6.07) is 7.83. The van der Waals surface area contributed by atoms with Gasteiger partial charge in [0.05, 0.1) is 0 Å². The van der Waals surface area contributed by atoms with Crippen LogP contribution in [0.2, 0.25) is 0 Å². The molecule has 0 saturated carbocycles. The molecule has 2 aromatic rings. The summed E-state index contributed by atoms with van der Waals surface area (Å²) < 4.78 is 2.00. The fourth-order valence-electron chi connectivity index (χ4n) is 1.42. The third-order valence-corrected chi connectivity index (χ3v) is 2.52. The molecule has 0 amide bonds. The number of anilines is 1.